The predicted molar refractivity (Wildman–Crippen MR) is 115 cm³/mol. The third-order valence-electron chi connectivity index (χ3n) is 6.31. The van der Waals surface area contributed by atoms with Crippen molar-refractivity contribution in [1.29, 1.82) is 0 Å². The predicted octanol–water partition coefficient (Wildman–Crippen LogP) is 5.68. The molecule has 0 saturated carbocycles. The van der Waals surface area contributed by atoms with Gasteiger partial charge in [0, 0.05) is 17.5 Å². The number of halogens is 4. The van der Waals surface area contributed by atoms with Gasteiger partial charge in [-0.15, -0.1) is 0 Å². The van der Waals surface area contributed by atoms with Crippen LogP contribution in [0.5, 0.6) is 11.5 Å². The van der Waals surface area contributed by atoms with Crippen molar-refractivity contribution in [2.75, 3.05) is 0 Å². The molecule has 1 aromatic heterocycles. The lowest BCUT2D eigenvalue weighted by Gasteiger charge is -2.31. The van der Waals surface area contributed by atoms with Gasteiger partial charge in [0.25, 0.3) is 0 Å². The Kier molecular flexibility index (Phi) is 4.41. The van der Waals surface area contributed by atoms with E-state index in [0.29, 0.717) is 5.56 Å². The fourth-order valence-electron chi connectivity index (χ4n) is 4.76. The maximum Gasteiger partial charge on any atom is 0.344 e. The summed E-state index contributed by atoms with van der Waals surface area (Å²) in [5.74, 6) is -12.4. The van der Waals surface area contributed by atoms with E-state index in [0.717, 1.165) is 0 Å². The zero-order valence-electron chi connectivity index (χ0n) is 17.5. The molecule has 1 aliphatic heterocycles. The Hall–Kier alpha value is -4.40. The topological polar surface area (TPSA) is 76.7 Å². The molecule has 2 aliphatic rings. The van der Waals surface area contributed by atoms with Gasteiger partial charge in [0.05, 0.1) is 22.4 Å². The number of Topliss-reactive ketones (excluding diaryl/α,β-unsaturated/α-hetero) is 1. The molecular weight excluding hydrogens is 468 g/mol. The molecule has 0 amide bonds. The summed E-state index contributed by atoms with van der Waals surface area (Å²) in [7, 11) is 0. The molecule has 0 bridgehead atoms. The van der Waals surface area contributed by atoms with Crippen LogP contribution in [0.1, 0.15) is 28.2 Å². The second-order valence-corrected chi connectivity index (χ2v) is 8.18. The first kappa shape index (κ1) is 21.2. The van der Waals surface area contributed by atoms with Crippen LogP contribution in [-0.4, -0.2) is 10.9 Å². The first-order valence-electron chi connectivity index (χ1n) is 10.4. The largest absolute Gasteiger partial charge is 0.507 e. The summed E-state index contributed by atoms with van der Waals surface area (Å²) < 4.78 is 69.5. The summed E-state index contributed by atoms with van der Waals surface area (Å²) in [5.41, 5.74) is -2.22. The molecule has 3 aromatic carbocycles. The Morgan fingerprint density at radius 3 is 2.29 bits per heavy atom. The van der Waals surface area contributed by atoms with Gasteiger partial charge in [-0.05, 0) is 17.7 Å². The highest BCUT2D eigenvalue weighted by Crippen LogP contribution is 2.53. The summed E-state index contributed by atoms with van der Waals surface area (Å²) in [4.78, 5) is 26.3. The van der Waals surface area contributed by atoms with E-state index in [4.69, 9.17) is 9.15 Å². The zero-order chi connectivity index (χ0) is 24.6. The number of para-hydroxylation sites is 1. The van der Waals surface area contributed by atoms with Crippen molar-refractivity contribution in [3.05, 3.63) is 110 Å². The number of allylic oxidation sites excluding steroid dienone is 1. The van der Waals surface area contributed by atoms with Crippen LogP contribution in [0.2, 0.25) is 0 Å². The van der Waals surface area contributed by atoms with Crippen LogP contribution in [0.3, 0.4) is 0 Å². The molecule has 0 saturated heterocycles. The molecule has 6 rings (SSSR count). The van der Waals surface area contributed by atoms with Crippen LogP contribution in [0.4, 0.5) is 17.6 Å². The Balaban J connectivity index is 1.79. The summed E-state index contributed by atoms with van der Waals surface area (Å²) in [6, 6.07) is 12.3. The van der Waals surface area contributed by atoms with Crippen molar-refractivity contribution in [2.24, 2.45) is 0 Å². The number of carbonyl (C=O) groups excluding carboxylic acids is 1. The van der Waals surface area contributed by atoms with E-state index >= 15 is 4.39 Å². The molecule has 35 heavy (non-hydrogen) atoms. The van der Waals surface area contributed by atoms with Gasteiger partial charge in [0.1, 0.15) is 17.1 Å². The van der Waals surface area contributed by atoms with Gasteiger partial charge in [-0.3, -0.25) is 4.79 Å². The van der Waals surface area contributed by atoms with Gasteiger partial charge in [-0.2, -0.15) is 4.39 Å². The van der Waals surface area contributed by atoms with Crippen LogP contribution < -0.4 is 10.4 Å². The lowest BCUT2D eigenvalue weighted by atomic mass is 9.75. The highest BCUT2D eigenvalue weighted by molar-refractivity contribution is 6.08. The van der Waals surface area contributed by atoms with E-state index in [1.54, 1.807) is 30.3 Å². The minimum absolute atomic E-state index is 0.0282. The first-order valence-corrected chi connectivity index (χ1v) is 10.4. The molecule has 5 nitrogen and oxygen atoms in total. The zero-order valence-corrected chi connectivity index (χ0v) is 17.5. The maximum atomic E-state index is 15.2. The Morgan fingerprint density at radius 1 is 0.800 bits per heavy atom. The number of aliphatic hydroxyl groups is 1. The highest BCUT2D eigenvalue weighted by Gasteiger charge is 2.45. The van der Waals surface area contributed by atoms with Gasteiger partial charge in [0.2, 0.25) is 11.6 Å². The minimum Gasteiger partial charge on any atom is -0.507 e. The summed E-state index contributed by atoms with van der Waals surface area (Å²) >= 11 is 0. The molecule has 4 aromatic rings. The molecule has 174 valence electrons. The molecule has 1 atom stereocenters. The van der Waals surface area contributed by atoms with Gasteiger partial charge in [-0.1, -0.05) is 36.4 Å². The summed E-state index contributed by atoms with van der Waals surface area (Å²) in [5, 5.41) is 11.2. The lowest BCUT2D eigenvalue weighted by Crippen LogP contribution is -2.29. The molecule has 0 radical (unpaired) electrons. The highest BCUT2D eigenvalue weighted by atomic mass is 19.2. The third kappa shape index (κ3) is 2.81. The monoisotopic (exact) mass is 480 g/mol. The van der Waals surface area contributed by atoms with E-state index in [2.05, 4.69) is 0 Å². The number of ketones is 1. The second-order valence-electron chi connectivity index (χ2n) is 8.18. The van der Waals surface area contributed by atoms with Crippen molar-refractivity contribution in [3.8, 4) is 11.5 Å². The number of fused-ring (bicyclic) bond motifs is 5. The van der Waals surface area contributed by atoms with Crippen molar-refractivity contribution in [1.82, 2.24) is 0 Å². The van der Waals surface area contributed by atoms with Crippen molar-refractivity contribution in [2.45, 2.75) is 12.3 Å². The van der Waals surface area contributed by atoms with Gasteiger partial charge in [0.15, 0.2) is 23.2 Å². The van der Waals surface area contributed by atoms with E-state index in [1.165, 1.54) is 18.2 Å². The van der Waals surface area contributed by atoms with Crippen molar-refractivity contribution < 1.29 is 36.6 Å². The standard InChI is InChI=1S/C26H12F4O5/c27-19-17-16(15-13(31)9-10-5-1-2-6-11(10)23(15)32)18-24(35-25(17)22(30)21(29)20(19)28)12-7-3-4-8-14(12)34-26(18)33/h1-8,16,32H,9H2. The molecule has 2 heterocycles. The second kappa shape index (κ2) is 7.30. The number of carbonyl (C=O) groups is 1. The smallest absolute Gasteiger partial charge is 0.344 e. The average molecular weight is 480 g/mol. The Labute approximate surface area is 193 Å². The quantitative estimate of drug-likeness (QED) is 0.164. The van der Waals surface area contributed by atoms with Gasteiger partial charge in [-0.25, -0.2) is 18.0 Å². The fraction of sp³-hybridized carbons (Fsp3) is 0.0769. The number of hydrogen-bond acceptors (Lipinski definition) is 5. The minimum atomic E-state index is -2.15. The number of aliphatic hydroxyl groups excluding tert-OH is 1. The van der Waals surface area contributed by atoms with E-state index < -0.39 is 68.8 Å². The SMILES string of the molecule is O=C1Cc2ccccc2C(O)=C1C1c2c(F)c(F)c(F)c(F)c2Oc2c1c(=O)oc1ccccc21. The van der Waals surface area contributed by atoms with Gasteiger partial charge < -0.3 is 14.3 Å². The van der Waals surface area contributed by atoms with Crippen LogP contribution in [0.25, 0.3) is 16.7 Å². The van der Waals surface area contributed by atoms with Crippen LogP contribution in [0, 0.1) is 23.3 Å². The normalized spacial score (nSPS) is 16.6. The number of benzene rings is 3. The maximum absolute atomic E-state index is 15.2. The summed E-state index contributed by atoms with van der Waals surface area (Å²) in [6.45, 7) is 0. The summed E-state index contributed by atoms with van der Waals surface area (Å²) in [6.07, 6.45) is -0.232. The molecule has 1 N–H and O–H groups in total. The number of rotatable bonds is 1. The lowest BCUT2D eigenvalue weighted by molar-refractivity contribution is -0.115. The molecule has 0 fully saturated rings. The number of hydrogen-bond donors (Lipinski definition) is 1. The van der Waals surface area contributed by atoms with E-state index in [1.807, 2.05) is 0 Å². The molecule has 1 unspecified atom stereocenters. The van der Waals surface area contributed by atoms with Crippen LogP contribution in [-0.2, 0) is 11.2 Å². The van der Waals surface area contributed by atoms with Crippen molar-refractivity contribution >= 4 is 22.5 Å². The third-order valence-corrected chi connectivity index (χ3v) is 6.31. The van der Waals surface area contributed by atoms with Gasteiger partial charge >= 0.3 is 5.63 Å². The van der Waals surface area contributed by atoms with E-state index in [9.17, 15) is 27.9 Å². The molecule has 9 heteroatoms. The fourth-order valence-corrected chi connectivity index (χ4v) is 4.76. The molecular formula is C26H12F4O5. The molecule has 0 spiro atoms. The Bertz CT molecular complexity index is 1700. The van der Waals surface area contributed by atoms with Crippen molar-refractivity contribution in [3.63, 3.8) is 0 Å². The first-order chi connectivity index (χ1) is 16.8. The van der Waals surface area contributed by atoms with E-state index in [-0.39, 0.29) is 28.7 Å². The Morgan fingerprint density at radius 2 is 1.49 bits per heavy atom. The molecule has 1 aliphatic carbocycles. The number of ether oxygens (including phenoxy) is 1. The van der Waals surface area contributed by atoms with Crippen LogP contribution in [0.15, 0.2) is 63.3 Å². The average Bonchev–Trinajstić information content (AvgIpc) is 2.85. The van der Waals surface area contributed by atoms with Crippen LogP contribution >= 0.6 is 0 Å².